The number of amides is 1. The number of hydrogen-bond acceptors (Lipinski definition) is 3. The maximum absolute atomic E-state index is 11.8. The molecule has 1 saturated carbocycles. The van der Waals surface area contributed by atoms with E-state index in [9.17, 15) is 9.90 Å². The number of nitrogens with one attached hydrogen (secondary N) is 1. The Hall–Kier alpha value is -1.55. The molecule has 1 aliphatic rings. The quantitative estimate of drug-likeness (QED) is 0.696. The van der Waals surface area contributed by atoms with Crippen molar-refractivity contribution in [1.82, 2.24) is 5.32 Å². The van der Waals surface area contributed by atoms with Crippen LogP contribution in [0, 0.1) is 6.92 Å². The van der Waals surface area contributed by atoms with Crippen LogP contribution in [0.3, 0.4) is 0 Å². The summed E-state index contributed by atoms with van der Waals surface area (Å²) >= 11 is 0. The topological polar surface area (TPSA) is 69.6 Å². The van der Waals surface area contributed by atoms with E-state index < -0.39 is 0 Å². The molecule has 1 amide bonds. The molecule has 0 aliphatic heterocycles. The zero-order valence-corrected chi connectivity index (χ0v) is 9.10. The van der Waals surface area contributed by atoms with Crippen LogP contribution in [0.5, 0.6) is 5.75 Å². The second-order valence-corrected chi connectivity index (χ2v) is 4.25. The molecule has 1 fully saturated rings. The van der Waals surface area contributed by atoms with Gasteiger partial charge < -0.3 is 15.5 Å². The van der Waals surface area contributed by atoms with Crippen molar-refractivity contribution >= 4 is 5.91 Å². The van der Waals surface area contributed by atoms with Crippen LogP contribution < -0.4 is 5.32 Å². The molecule has 0 bridgehead atoms. The van der Waals surface area contributed by atoms with Crippen molar-refractivity contribution in [3.8, 4) is 5.75 Å². The predicted molar refractivity (Wildman–Crippen MR) is 59.3 cm³/mol. The minimum atomic E-state index is -0.282. The van der Waals surface area contributed by atoms with E-state index in [4.69, 9.17) is 5.11 Å². The van der Waals surface area contributed by atoms with Gasteiger partial charge in [0.05, 0.1) is 6.10 Å². The smallest absolute Gasteiger partial charge is 0.251 e. The lowest BCUT2D eigenvalue weighted by molar-refractivity contribution is 0.0562. The van der Waals surface area contributed by atoms with E-state index in [-0.39, 0.29) is 23.8 Å². The summed E-state index contributed by atoms with van der Waals surface area (Å²) < 4.78 is 0. The number of carbonyl (C=O) groups excluding carboxylic acids is 1. The molecular weight excluding hydrogens is 206 g/mol. The Balaban J connectivity index is 2.06. The third-order valence-corrected chi connectivity index (χ3v) is 3.00. The van der Waals surface area contributed by atoms with Crippen molar-refractivity contribution in [2.75, 3.05) is 0 Å². The number of hydrogen-bond donors (Lipinski definition) is 3. The van der Waals surface area contributed by atoms with Gasteiger partial charge in [-0.15, -0.1) is 0 Å². The number of carbonyl (C=O) groups is 1. The summed E-state index contributed by atoms with van der Waals surface area (Å²) in [6, 6.07) is 4.94. The molecule has 2 rings (SSSR count). The molecule has 4 heteroatoms. The zero-order chi connectivity index (χ0) is 11.7. The summed E-state index contributed by atoms with van der Waals surface area (Å²) in [5.74, 6) is -0.0633. The van der Waals surface area contributed by atoms with Gasteiger partial charge in [-0.25, -0.2) is 0 Å². The van der Waals surface area contributed by atoms with Crippen molar-refractivity contribution in [2.45, 2.75) is 31.9 Å². The number of aliphatic hydroxyl groups is 1. The van der Waals surface area contributed by atoms with Gasteiger partial charge in [0.25, 0.3) is 5.91 Å². The minimum Gasteiger partial charge on any atom is -0.508 e. The first-order chi connectivity index (χ1) is 7.58. The summed E-state index contributed by atoms with van der Waals surface area (Å²) in [5, 5.41) is 21.4. The van der Waals surface area contributed by atoms with E-state index in [0.29, 0.717) is 24.0 Å². The standard InChI is InChI=1S/C12H15NO3/c1-7-10(3-2-4-11(7)15)12(16)13-8-5-9(14)6-8/h2-4,8-9,14-15H,5-6H2,1H3,(H,13,16). The summed E-state index contributed by atoms with van der Waals surface area (Å²) in [4.78, 5) is 11.8. The van der Waals surface area contributed by atoms with Gasteiger partial charge in [0, 0.05) is 17.2 Å². The van der Waals surface area contributed by atoms with Crippen LogP contribution in [0.2, 0.25) is 0 Å². The third-order valence-electron chi connectivity index (χ3n) is 3.00. The Morgan fingerprint density at radius 3 is 2.75 bits per heavy atom. The summed E-state index contributed by atoms with van der Waals surface area (Å²) in [5.41, 5.74) is 1.07. The fourth-order valence-electron chi connectivity index (χ4n) is 1.84. The summed E-state index contributed by atoms with van der Waals surface area (Å²) in [7, 11) is 0. The monoisotopic (exact) mass is 221 g/mol. The highest BCUT2D eigenvalue weighted by Gasteiger charge is 2.28. The molecule has 16 heavy (non-hydrogen) atoms. The van der Waals surface area contributed by atoms with E-state index in [1.165, 1.54) is 0 Å². The largest absolute Gasteiger partial charge is 0.508 e. The van der Waals surface area contributed by atoms with Gasteiger partial charge in [0.15, 0.2) is 0 Å². The average Bonchev–Trinajstić information content (AvgIpc) is 2.19. The molecule has 0 unspecified atom stereocenters. The zero-order valence-electron chi connectivity index (χ0n) is 9.10. The first kappa shape index (κ1) is 11.0. The molecule has 1 aliphatic carbocycles. The summed E-state index contributed by atoms with van der Waals surface area (Å²) in [6.07, 6.45) is 0.947. The van der Waals surface area contributed by atoms with Crippen molar-refractivity contribution in [2.24, 2.45) is 0 Å². The molecule has 0 saturated heterocycles. The predicted octanol–water partition coefficient (Wildman–Crippen LogP) is 0.954. The molecule has 1 aromatic carbocycles. The fourth-order valence-corrected chi connectivity index (χ4v) is 1.84. The normalized spacial score (nSPS) is 23.6. The lowest BCUT2D eigenvalue weighted by Crippen LogP contribution is -2.46. The van der Waals surface area contributed by atoms with Crippen LogP contribution in [0.1, 0.15) is 28.8 Å². The van der Waals surface area contributed by atoms with Gasteiger partial charge in [-0.2, -0.15) is 0 Å². The van der Waals surface area contributed by atoms with Crippen molar-refractivity contribution < 1.29 is 15.0 Å². The molecule has 1 aromatic rings. The van der Waals surface area contributed by atoms with Crippen LogP contribution in [0.15, 0.2) is 18.2 Å². The maximum atomic E-state index is 11.8. The molecule has 0 spiro atoms. The lowest BCUT2D eigenvalue weighted by atomic mass is 9.89. The van der Waals surface area contributed by atoms with Crippen molar-refractivity contribution in [3.63, 3.8) is 0 Å². The molecular formula is C12H15NO3. The maximum Gasteiger partial charge on any atom is 0.251 e. The highest BCUT2D eigenvalue weighted by Crippen LogP contribution is 2.22. The SMILES string of the molecule is Cc1c(O)cccc1C(=O)NC1CC(O)C1. The Labute approximate surface area is 93.9 Å². The minimum absolute atomic E-state index is 0.0595. The molecule has 4 nitrogen and oxygen atoms in total. The van der Waals surface area contributed by atoms with Crippen LogP contribution in [0.25, 0.3) is 0 Å². The first-order valence-corrected chi connectivity index (χ1v) is 5.35. The van der Waals surface area contributed by atoms with E-state index in [2.05, 4.69) is 5.32 Å². The Morgan fingerprint density at radius 1 is 1.44 bits per heavy atom. The molecule has 86 valence electrons. The molecule has 3 N–H and O–H groups in total. The van der Waals surface area contributed by atoms with Gasteiger partial charge in [-0.3, -0.25) is 4.79 Å². The number of aromatic hydroxyl groups is 1. The number of aliphatic hydroxyl groups excluding tert-OH is 1. The Kier molecular flexibility index (Phi) is 2.83. The van der Waals surface area contributed by atoms with Crippen molar-refractivity contribution in [3.05, 3.63) is 29.3 Å². The van der Waals surface area contributed by atoms with E-state index in [1.807, 2.05) is 0 Å². The number of benzene rings is 1. The number of phenolic OH excluding ortho intramolecular Hbond substituents is 1. The second kappa shape index (κ2) is 4.14. The second-order valence-electron chi connectivity index (χ2n) is 4.25. The Bertz CT molecular complexity index is 411. The van der Waals surface area contributed by atoms with E-state index in [1.54, 1.807) is 25.1 Å². The third kappa shape index (κ3) is 2.02. The highest BCUT2D eigenvalue weighted by molar-refractivity contribution is 5.96. The average molecular weight is 221 g/mol. The van der Waals surface area contributed by atoms with Crippen LogP contribution in [-0.2, 0) is 0 Å². The van der Waals surface area contributed by atoms with Gasteiger partial charge in [0.1, 0.15) is 5.75 Å². The van der Waals surface area contributed by atoms with E-state index >= 15 is 0 Å². The van der Waals surface area contributed by atoms with Crippen LogP contribution in [-0.4, -0.2) is 28.3 Å². The van der Waals surface area contributed by atoms with E-state index in [0.717, 1.165) is 0 Å². The first-order valence-electron chi connectivity index (χ1n) is 5.35. The van der Waals surface area contributed by atoms with Gasteiger partial charge in [0.2, 0.25) is 0 Å². The van der Waals surface area contributed by atoms with Crippen molar-refractivity contribution in [1.29, 1.82) is 0 Å². The summed E-state index contributed by atoms with van der Waals surface area (Å²) in [6.45, 7) is 1.71. The van der Waals surface area contributed by atoms with Crippen LogP contribution >= 0.6 is 0 Å². The van der Waals surface area contributed by atoms with Gasteiger partial charge >= 0.3 is 0 Å². The lowest BCUT2D eigenvalue weighted by Gasteiger charge is -2.32. The molecule has 0 atom stereocenters. The molecule has 0 radical (unpaired) electrons. The Morgan fingerprint density at radius 2 is 2.12 bits per heavy atom. The van der Waals surface area contributed by atoms with Crippen LogP contribution in [0.4, 0.5) is 0 Å². The number of phenols is 1. The highest BCUT2D eigenvalue weighted by atomic mass is 16.3. The van der Waals surface area contributed by atoms with Gasteiger partial charge in [-0.05, 0) is 31.9 Å². The fraction of sp³-hybridized carbons (Fsp3) is 0.417. The molecule has 0 heterocycles. The number of rotatable bonds is 2. The molecule has 0 aromatic heterocycles. The van der Waals surface area contributed by atoms with Gasteiger partial charge in [-0.1, -0.05) is 6.07 Å².